The third-order valence-electron chi connectivity index (χ3n) is 6.15. The van der Waals surface area contributed by atoms with Crippen molar-refractivity contribution in [2.75, 3.05) is 13.1 Å². The van der Waals surface area contributed by atoms with E-state index in [0.717, 1.165) is 58.0 Å². The van der Waals surface area contributed by atoms with Gasteiger partial charge in [-0.15, -0.1) is 0 Å². The number of carbonyl (C=O) groups is 2. The molecule has 2 heterocycles. The second-order valence-electron chi connectivity index (χ2n) is 8.02. The summed E-state index contributed by atoms with van der Waals surface area (Å²) in [6, 6.07) is 5.14. The second-order valence-corrected chi connectivity index (χ2v) is 8.86. The molecule has 1 saturated carbocycles. The number of amides is 2. The van der Waals surface area contributed by atoms with Crippen LogP contribution in [0.5, 0.6) is 0 Å². The number of nitrogens with zero attached hydrogens (tertiary/aromatic N) is 2. The summed E-state index contributed by atoms with van der Waals surface area (Å²) in [6.07, 6.45) is 9.51. The molecule has 1 aromatic carbocycles. The summed E-state index contributed by atoms with van der Waals surface area (Å²) >= 11 is 12.5. The van der Waals surface area contributed by atoms with Crippen LogP contribution in [0.2, 0.25) is 10.0 Å². The third kappa shape index (κ3) is 3.69. The van der Waals surface area contributed by atoms with Gasteiger partial charge in [0, 0.05) is 29.7 Å². The highest BCUT2D eigenvalue weighted by Gasteiger charge is 2.45. The van der Waals surface area contributed by atoms with Gasteiger partial charge in [-0.1, -0.05) is 55.0 Å². The first kappa shape index (κ1) is 19.8. The zero-order valence-electron chi connectivity index (χ0n) is 16.1. The predicted octanol–water partition coefficient (Wildman–Crippen LogP) is 5.28. The van der Waals surface area contributed by atoms with Crippen LogP contribution >= 0.6 is 23.2 Å². The summed E-state index contributed by atoms with van der Waals surface area (Å²) in [7, 11) is 0. The molecule has 0 atom stereocenters. The van der Waals surface area contributed by atoms with Crippen LogP contribution in [0.1, 0.15) is 63.4 Å². The van der Waals surface area contributed by atoms with Crippen molar-refractivity contribution in [3.63, 3.8) is 0 Å². The number of rotatable bonds is 3. The molecule has 6 heteroatoms. The van der Waals surface area contributed by atoms with Crippen LogP contribution in [0.25, 0.3) is 5.57 Å². The first-order chi connectivity index (χ1) is 13.6. The first-order valence-corrected chi connectivity index (χ1v) is 11.2. The quantitative estimate of drug-likeness (QED) is 0.493. The number of piperidine rings is 1. The number of hydrogen-bond acceptors (Lipinski definition) is 3. The van der Waals surface area contributed by atoms with Gasteiger partial charge >= 0.3 is 0 Å². The van der Waals surface area contributed by atoms with E-state index in [-0.39, 0.29) is 17.9 Å². The largest absolute Gasteiger partial charge is 0.366 e. The monoisotopic (exact) mass is 420 g/mol. The smallest absolute Gasteiger partial charge is 0.278 e. The van der Waals surface area contributed by atoms with E-state index in [1.165, 1.54) is 17.7 Å². The average molecular weight is 421 g/mol. The zero-order chi connectivity index (χ0) is 19.7. The van der Waals surface area contributed by atoms with Crippen molar-refractivity contribution >= 4 is 40.6 Å². The molecule has 0 spiro atoms. The summed E-state index contributed by atoms with van der Waals surface area (Å²) in [5.41, 5.74) is 1.61. The Morgan fingerprint density at radius 2 is 1.46 bits per heavy atom. The van der Waals surface area contributed by atoms with Gasteiger partial charge in [-0.3, -0.25) is 14.5 Å². The molecule has 3 aliphatic rings. The van der Waals surface area contributed by atoms with Gasteiger partial charge in [0.25, 0.3) is 11.8 Å². The van der Waals surface area contributed by atoms with Crippen LogP contribution in [0.3, 0.4) is 0 Å². The number of carbonyl (C=O) groups excluding carboxylic acids is 2. The van der Waals surface area contributed by atoms with Gasteiger partial charge in [0.2, 0.25) is 0 Å². The molecule has 0 unspecified atom stereocenters. The Bertz CT molecular complexity index is 807. The summed E-state index contributed by atoms with van der Waals surface area (Å²) in [4.78, 5) is 30.7. The van der Waals surface area contributed by atoms with E-state index >= 15 is 0 Å². The fourth-order valence-corrected chi connectivity index (χ4v) is 5.23. The highest BCUT2D eigenvalue weighted by Crippen LogP contribution is 2.39. The molecule has 0 aromatic heterocycles. The molecule has 4 rings (SSSR count). The number of hydrogen-bond donors (Lipinski definition) is 0. The van der Waals surface area contributed by atoms with Crippen molar-refractivity contribution in [2.45, 2.75) is 63.8 Å². The molecule has 28 heavy (non-hydrogen) atoms. The maximum Gasteiger partial charge on any atom is 0.278 e. The van der Waals surface area contributed by atoms with Gasteiger partial charge in [-0.2, -0.15) is 0 Å². The van der Waals surface area contributed by atoms with Crippen LogP contribution in [-0.4, -0.2) is 40.7 Å². The molecule has 150 valence electrons. The minimum absolute atomic E-state index is 0.00846. The Kier molecular flexibility index (Phi) is 5.98. The van der Waals surface area contributed by atoms with Gasteiger partial charge in [0.15, 0.2) is 0 Å². The summed E-state index contributed by atoms with van der Waals surface area (Å²) in [5.74, 6) is -0.332. The predicted molar refractivity (Wildman–Crippen MR) is 112 cm³/mol. The van der Waals surface area contributed by atoms with Gasteiger partial charge in [0.05, 0.1) is 10.6 Å². The summed E-state index contributed by atoms with van der Waals surface area (Å²) in [5, 5.41) is 0.937. The number of benzene rings is 1. The first-order valence-electron chi connectivity index (χ1n) is 10.4. The van der Waals surface area contributed by atoms with Gasteiger partial charge in [-0.25, -0.2) is 0 Å². The molecule has 1 aliphatic carbocycles. The average Bonchev–Trinajstić information content (AvgIpc) is 2.85. The zero-order valence-corrected chi connectivity index (χ0v) is 17.6. The number of halogens is 2. The summed E-state index contributed by atoms with van der Waals surface area (Å²) < 4.78 is 0. The molecule has 4 nitrogen and oxygen atoms in total. The van der Waals surface area contributed by atoms with Crippen LogP contribution in [-0.2, 0) is 9.59 Å². The van der Waals surface area contributed by atoms with Gasteiger partial charge in [0.1, 0.15) is 5.70 Å². The van der Waals surface area contributed by atoms with E-state index in [2.05, 4.69) is 4.90 Å². The van der Waals surface area contributed by atoms with Crippen molar-refractivity contribution in [3.05, 3.63) is 39.5 Å². The SMILES string of the molecule is O=C1C(c2ccc(Cl)cc2Cl)=C(N2CCCCC2)C(=O)N1C1CCCCCC1. The number of likely N-dealkylation sites (tertiary alicyclic amines) is 1. The molecule has 2 fully saturated rings. The maximum atomic E-state index is 13.5. The lowest BCUT2D eigenvalue weighted by Gasteiger charge is -2.31. The van der Waals surface area contributed by atoms with E-state index < -0.39 is 0 Å². The lowest BCUT2D eigenvalue weighted by molar-refractivity contribution is -0.140. The molecule has 0 radical (unpaired) electrons. The minimum Gasteiger partial charge on any atom is -0.366 e. The lowest BCUT2D eigenvalue weighted by Crippen LogP contribution is -2.43. The van der Waals surface area contributed by atoms with Gasteiger partial charge in [-0.05, 0) is 44.2 Å². The van der Waals surface area contributed by atoms with Crippen molar-refractivity contribution in [1.82, 2.24) is 9.80 Å². The molecule has 0 bridgehead atoms. The lowest BCUT2D eigenvalue weighted by atomic mass is 10.0. The van der Waals surface area contributed by atoms with E-state index in [0.29, 0.717) is 26.9 Å². The molecule has 1 saturated heterocycles. The Morgan fingerprint density at radius 3 is 2.11 bits per heavy atom. The Balaban J connectivity index is 1.77. The number of imide groups is 1. The molecule has 1 aromatic rings. The van der Waals surface area contributed by atoms with E-state index in [4.69, 9.17) is 23.2 Å². The van der Waals surface area contributed by atoms with Crippen LogP contribution in [0.15, 0.2) is 23.9 Å². The van der Waals surface area contributed by atoms with Gasteiger partial charge < -0.3 is 4.90 Å². The molecule has 2 aliphatic heterocycles. The van der Waals surface area contributed by atoms with Crippen molar-refractivity contribution in [1.29, 1.82) is 0 Å². The summed E-state index contributed by atoms with van der Waals surface area (Å²) in [6.45, 7) is 1.61. The Labute approximate surface area is 176 Å². The normalized spacial score (nSPS) is 22.2. The standard InChI is InChI=1S/C22H26Cl2N2O2/c23-15-10-11-17(18(24)14-15)19-20(25-12-6-3-7-13-25)22(28)26(21(19)27)16-8-4-1-2-5-9-16/h10-11,14,16H,1-9,12-13H2. The fraction of sp³-hybridized carbons (Fsp3) is 0.545. The molecular weight excluding hydrogens is 395 g/mol. The van der Waals surface area contributed by atoms with Crippen molar-refractivity contribution < 1.29 is 9.59 Å². The minimum atomic E-state index is -0.193. The van der Waals surface area contributed by atoms with Crippen LogP contribution in [0, 0.1) is 0 Å². The second kappa shape index (κ2) is 8.46. The third-order valence-corrected chi connectivity index (χ3v) is 6.70. The van der Waals surface area contributed by atoms with E-state index in [1.54, 1.807) is 18.2 Å². The van der Waals surface area contributed by atoms with E-state index in [9.17, 15) is 9.59 Å². The maximum absolute atomic E-state index is 13.5. The van der Waals surface area contributed by atoms with Crippen LogP contribution in [0.4, 0.5) is 0 Å². The highest BCUT2D eigenvalue weighted by atomic mass is 35.5. The molecule has 2 amide bonds. The Morgan fingerprint density at radius 1 is 0.821 bits per heavy atom. The Hall–Kier alpha value is -1.52. The highest BCUT2D eigenvalue weighted by molar-refractivity contribution is 6.41. The molecule has 0 N–H and O–H groups in total. The topological polar surface area (TPSA) is 40.6 Å². The van der Waals surface area contributed by atoms with E-state index in [1.807, 2.05) is 0 Å². The molecular formula is C22H26Cl2N2O2. The van der Waals surface area contributed by atoms with Crippen molar-refractivity contribution in [2.24, 2.45) is 0 Å². The van der Waals surface area contributed by atoms with Crippen molar-refractivity contribution in [3.8, 4) is 0 Å². The van der Waals surface area contributed by atoms with Crippen LogP contribution < -0.4 is 0 Å². The fourth-order valence-electron chi connectivity index (χ4n) is 4.73.